The molecule has 17 heavy (non-hydrogen) atoms. The Kier molecular flexibility index (Phi) is 3.66. The number of nitrogens with one attached hydrogen (secondary N) is 1. The predicted molar refractivity (Wildman–Crippen MR) is 63.3 cm³/mol. The van der Waals surface area contributed by atoms with Crippen LogP contribution in [0.4, 0.5) is 6.01 Å². The highest BCUT2D eigenvalue weighted by Gasteiger charge is 2.08. The van der Waals surface area contributed by atoms with Crippen LogP contribution < -0.4 is 11.1 Å². The molecule has 6 heteroatoms. The number of nitrogens with two attached hydrogens (primary N) is 1. The number of rotatable bonds is 5. The van der Waals surface area contributed by atoms with Gasteiger partial charge >= 0.3 is 6.01 Å². The minimum atomic E-state index is -0.242. The number of hydrogen-bond acceptors (Lipinski definition) is 6. The van der Waals surface area contributed by atoms with Gasteiger partial charge in [-0.3, -0.25) is 4.98 Å². The van der Waals surface area contributed by atoms with Crippen molar-refractivity contribution in [3.05, 3.63) is 36.0 Å². The van der Waals surface area contributed by atoms with Crippen LogP contribution in [0.5, 0.6) is 0 Å². The summed E-state index contributed by atoms with van der Waals surface area (Å²) < 4.78 is 5.30. The fourth-order valence-electron chi connectivity index (χ4n) is 1.33. The van der Waals surface area contributed by atoms with Gasteiger partial charge in [0.1, 0.15) is 0 Å². The fourth-order valence-corrected chi connectivity index (χ4v) is 1.33. The lowest BCUT2D eigenvalue weighted by molar-refractivity contribution is 0.473. The van der Waals surface area contributed by atoms with E-state index in [-0.39, 0.29) is 6.04 Å². The first-order chi connectivity index (χ1) is 8.25. The van der Waals surface area contributed by atoms with Crippen LogP contribution in [0.1, 0.15) is 24.6 Å². The summed E-state index contributed by atoms with van der Waals surface area (Å²) in [4.78, 5) is 4.22. The van der Waals surface area contributed by atoms with Gasteiger partial charge in [0.2, 0.25) is 5.89 Å². The molecule has 1 atom stereocenters. The zero-order valence-electron chi connectivity index (χ0n) is 9.63. The van der Waals surface area contributed by atoms with Crippen molar-refractivity contribution < 1.29 is 4.42 Å². The molecule has 2 heterocycles. The molecule has 0 fully saturated rings. The van der Waals surface area contributed by atoms with E-state index in [4.69, 9.17) is 10.2 Å². The van der Waals surface area contributed by atoms with Gasteiger partial charge in [0, 0.05) is 24.9 Å². The second-order valence-corrected chi connectivity index (χ2v) is 3.73. The van der Waals surface area contributed by atoms with Gasteiger partial charge in [0.15, 0.2) is 0 Å². The number of aromatic nitrogens is 3. The Labute approximate surface area is 99.3 Å². The van der Waals surface area contributed by atoms with E-state index in [1.807, 2.05) is 18.2 Å². The van der Waals surface area contributed by atoms with Crippen LogP contribution in [0.25, 0.3) is 0 Å². The average Bonchev–Trinajstić information content (AvgIpc) is 2.79. The van der Waals surface area contributed by atoms with Crippen molar-refractivity contribution in [1.29, 1.82) is 0 Å². The van der Waals surface area contributed by atoms with Crippen LogP contribution in [0.15, 0.2) is 28.8 Å². The molecule has 6 nitrogen and oxygen atoms in total. The van der Waals surface area contributed by atoms with Crippen LogP contribution in [-0.4, -0.2) is 21.7 Å². The topological polar surface area (TPSA) is 89.9 Å². The summed E-state index contributed by atoms with van der Waals surface area (Å²) in [6, 6.07) is 5.98. The van der Waals surface area contributed by atoms with E-state index < -0.39 is 0 Å². The lowest BCUT2D eigenvalue weighted by Crippen LogP contribution is -2.06. The standard InChI is InChI=1S/C11H15N5O/c1-8(12)10-15-16-11(17-10)14-7-5-9-4-2-3-6-13-9/h2-4,6,8H,5,7,12H2,1H3,(H,14,16). The lowest BCUT2D eigenvalue weighted by Gasteiger charge is -2.00. The number of hydrogen-bond donors (Lipinski definition) is 2. The summed E-state index contributed by atoms with van der Waals surface area (Å²) in [5, 5.41) is 10.7. The first-order valence-corrected chi connectivity index (χ1v) is 5.48. The molecule has 0 amide bonds. The maximum absolute atomic E-state index is 5.61. The molecule has 0 radical (unpaired) electrons. The quantitative estimate of drug-likeness (QED) is 0.804. The molecule has 2 aromatic rings. The third kappa shape index (κ3) is 3.25. The minimum absolute atomic E-state index is 0.242. The molecule has 0 saturated heterocycles. The molecule has 0 bridgehead atoms. The molecule has 90 valence electrons. The molecular formula is C11H15N5O. The van der Waals surface area contributed by atoms with Gasteiger partial charge in [-0.1, -0.05) is 11.2 Å². The smallest absolute Gasteiger partial charge is 0.315 e. The van der Waals surface area contributed by atoms with Crippen LogP contribution in [0.2, 0.25) is 0 Å². The van der Waals surface area contributed by atoms with Gasteiger partial charge in [0.25, 0.3) is 0 Å². The monoisotopic (exact) mass is 233 g/mol. The SMILES string of the molecule is CC(N)c1nnc(NCCc2ccccn2)o1. The Bertz CT molecular complexity index is 454. The van der Waals surface area contributed by atoms with E-state index in [1.54, 1.807) is 13.1 Å². The summed E-state index contributed by atoms with van der Waals surface area (Å²) in [6.45, 7) is 2.49. The summed E-state index contributed by atoms with van der Waals surface area (Å²) in [5.41, 5.74) is 6.63. The third-order valence-electron chi connectivity index (χ3n) is 2.21. The molecule has 0 aromatic carbocycles. The zero-order chi connectivity index (χ0) is 12.1. The van der Waals surface area contributed by atoms with E-state index in [9.17, 15) is 0 Å². The molecule has 2 rings (SSSR count). The van der Waals surface area contributed by atoms with E-state index >= 15 is 0 Å². The van der Waals surface area contributed by atoms with Crippen LogP contribution in [0, 0.1) is 0 Å². The first kappa shape index (κ1) is 11.5. The molecule has 0 aliphatic rings. The van der Waals surface area contributed by atoms with Gasteiger partial charge in [-0.25, -0.2) is 0 Å². The van der Waals surface area contributed by atoms with Crippen LogP contribution in [0.3, 0.4) is 0 Å². The van der Waals surface area contributed by atoms with Crippen molar-refractivity contribution in [2.45, 2.75) is 19.4 Å². The van der Waals surface area contributed by atoms with Crippen molar-refractivity contribution >= 4 is 6.01 Å². The van der Waals surface area contributed by atoms with Crippen molar-refractivity contribution in [2.75, 3.05) is 11.9 Å². The largest absolute Gasteiger partial charge is 0.406 e. The normalized spacial score (nSPS) is 12.4. The molecular weight excluding hydrogens is 218 g/mol. The molecule has 3 N–H and O–H groups in total. The Morgan fingerprint density at radius 2 is 2.29 bits per heavy atom. The number of anilines is 1. The Morgan fingerprint density at radius 1 is 1.41 bits per heavy atom. The summed E-state index contributed by atoms with van der Waals surface area (Å²) in [6.07, 6.45) is 2.58. The van der Waals surface area contributed by atoms with E-state index in [2.05, 4.69) is 20.5 Å². The van der Waals surface area contributed by atoms with Crippen LogP contribution in [-0.2, 0) is 6.42 Å². The number of pyridine rings is 1. The molecule has 0 aliphatic heterocycles. The molecule has 0 saturated carbocycles. The van der Waals surface area contributed by atoms with Gasteiger partial charge in [0.05, 0.1) is 6.04 Å². The molecule has 0 aliphatic carbocycles. The Morgan fingerprint density at radius 3 is 2.94 bits per heavy atom. The maximum Gasteiger partial charge on any atom is 0.315 e. The molecule has 2 aromatic heterocycles. The zero-order valence-corrected chi connectivity index (χ0v) is 9.63. The molecule has 0 spiro atoms. The van der Waals surface area contributed by atoms with Crippen molar-refractivity contribution in [3.63, 3.8) is 0 Å². The average molecular weight is 233 g/mol. The number of nitrogens with zero attached hydrogens (tertiary/aromatic N) is 3. The van der Waals surface area contributed by atoms with Gasteiger partial charge in [-0.15, -0.1) is 5.10 Å². The second kappa shape index (κ2) is 5.40. The van der Waals surface area contributed by atoms with Gasteiger partial charge < -0.3 is 15.5 Å². The minimum Gasteiger partial charge on any atom is -0.406 e. The summed E-state index contributed by atoms with van der Waals surface area (Å²) in [7, 11) is 0. The predicted octanol–water partition coefficient (Wildman–Crippen LogP) is 1.14. The Balaban J connectivity index is 1.82. The lowest BCUT2D eigenvalue weighted by atomic mass is 10.3. The van der Waals surface area contributed by atoms with Crippen molar-refractivity contribution in [3.8, 4) is 0 Å². The first-order valence-electron chi connectivity index (χ1n) is 5.48. The van der Waals surface area contributed by atoms with E-state index in [0.717, 1.165) is 12.1 Å². The van der Waals surface area contributed by atoms with E-state index in [0.29, 0.717) is 18.5 Å². The second-order valence-electron chi connectivity index (χ2n) is 3.73. The van der Waals surface area contributed by atoms with Gasteiger partial charge in [-0.05, 0) is 19.1 Å². The van der Waals surface area contributed by atoms with E-state index in [1.165, 1.54) is 0 Å². The molecule has 1 unspecified atom stereocenters. The highest BCUT2D eigenvalue weighted by Crippen LogP contribution is 2.10. The van der Waals surface area contributed by atoms with Crippen molar-refractivity contribution in [2.24, 2.45) is 5.73 Å². The highest BCUT2D eigenvalue weighted by molar-refractivity contribution is 5.18. The summed E-state index contributed by atoms with van der Waals surface area (Å²) >= 11 is 0. The highest BCUT2D eigenvalue weighted by atomic mass is 16.4. The fraction of sp³-hybridized carbons (Fsp3) is 0.364. The summed E-state index contributed by atoms with van der Waals surface area (Å²) in [5.74, 6) is 0.435. The van der Waals surface area contributed by atoms with Crippen molar-refractivity contribution in [1.82, 2.24) is 15.2 Å². The van der Waals surface area contributed by atoms with Crippen LogP contribution >= 0.6 is 0 Å². The third-order valence-corrected chi connectivity index (χ3v) is 2.21. The van der Waals surface area contributed by atoms with Gasteiger partial charge in [-0.2, -0.15) is 0 Å². The Hall–Kier alpha value is -1.95. The maximum atomic E-state index is 5.61.